The monoisotopic (exact) mass is 384 g/mol. The van der Waals surface area contributed by atoms with Crippen molar-refractivity contribution in [1.82, 2.24) is 4.90 Å². The van der Waals surface area contributed by atoms with Gasteiger partial charge in [0.05, 0.1) is 25.2 Å². The third-order valence-corrected chi connectivity index (χ3v) is 8.37. The third kappa shape index (κ3) is 1.52. The molecule has 0 radical (unpaired) electrons. The highest BCUT2D eigenvalue weighted by Crippen LogP contribution is 2.73. The number of hydrogen-bond acceptors (Lipinski definition) is 6. The molecule has 150 valence electrons. The smallest absolute Gasteiger partial charge is 0.315 e. The van der Waals surface area contributed by atoms with E-state index < -0.39 is 22.6 Å². The first-order valence-corrected chi connectivity index (χ1v) is 10.1. The Balaban J connectivity index is 1.96. The first-order chi connectivity index (χ1) is 13.5. The number of ether oxygens (including phenoxy) is 1. The molecule has 6 atom stereocenters. The first-order valence-electron chi connectivity index (χ1n) is 10.1. The summed E-state index contributed by atoms with van der Waals surface area (Å²) in [5.74, 6) is -0.632. The van der Waals surface area contributed by atoms with Gasteiger partial charge in [-0.2, -0.15) is 0 Å². The zero-order valence-corrected chi connectivity index (χ0v) is 16.7. The van der Waals surface area contributed by atoms with E-state index >= 15 is 0 Å². The number of nitrogens with zero attached hydrogens (tertiary/aromatic N) is 2. The van der Waals surface area contributed by atoms with Crippen molar-refractivity contribution in [2.24, 2.45) is 11.3 Å². The fourth-order valence-electron chi connectivity index (χ4n) is 7.56. The van der Waals surface area contributed by atoms with Crippen LogP contribution in [0.15, 0.2) is 35.9 Å². The number of para-hydroxylation sites is 1. The van der Waals surface area contributed by atoms with Gasteiger partial charge in [0.1, 0.15) is 11.1 Å². The molecular weight excluding hydrogens is 356 g/mol. The van der Waals surface area contributed by atoms with Crippen LogP contribution in [0.4, 0.5) is 5.69 Å². The summed E-state index contributed by atoms with van der Waals surface area (Å²) < 4.78 is 5.38. The maximum atomic E-state index is 13.5. The van der Waals surface area contributed by atoms with E-state index in [1.807, 2.05) is 26.1 Å². The van der Waals surface area contributed by atoms with Gasteiger partial charge >= 0.3 is 5.97 Å². The lowest BCUT2D eigenvalue weighted by atomic mass is 9.45. The number of anilines is 1. The first kappa shape index (κ1) is 18.2. The van der Waals surface area contributed by atoms with Crippen molar-refractivity contribution >= 4 is 11.7 Å². The minimum absolute atomic E-state index is 0.261. The Labute approximate surface area is 165 Å². The van der Waals surface area contributed by atoms with Crippen molar-refractivity contribution in [3.8, 4) is 0 Å². The Morgan fingerprint density at radius 1 is 1.39 bits per heavy atom. The van der Waals surface area contributed by atoms with Gasteiger partial charge in [-0.3, -0.25) is 9.69 Å². The molecule has 1 aromatic carbocycles. The van der Waals surface area contributed by atoms with Crippen LogP contribution in [0.1, 0.15) is 25.3 Å². The van der Waals surface area contributed by atoms with Crippen LogP contribution in [0.3, 0.4) is 0 Å². The minimum Gasteiger partial charge on any atom is -0.468 e. The number of carbonyl (C=O) groups excluding carboxylic acids is 1. The predicted octanol–water partition coefficient (Wildman–Crippen LogP) is 1.27. The van der Waals surface area contributed by atoms with Gasteiger partial charge in [0, 0.05) is 31.7 Å². The molecule has 0 aromatic heterocycles. The number of carbonyl (C=O) groups is 1. The van der Waals surface area contributed by atoms with Crippen molar-refractivity contribution in [3.05, 3.63) is 41.5 Å². The quantitative estimate of drug-likeness (QED) is 0.591. The van der Waals surface area contributed by atoms with Crippen LogP contribution in [0, 0.1) is 11.3 Å². The van der Waals surface area contributed by atoms with E-state index in [2.05, 4.69) is 28.0 Å². The van der Waals surface area contributed by atoms with Crippen LogP contribution in [0.5, 0.6) is 0 Å². The van der Waals surface area contributed by atoms with E-state index in [0.29, 0.717) is 19.4 Å². The number of benzene rings is 1. The summed E-state index contributed by atoms with van der Waals surface area (Å²) in [6, 6.07) is 8.11. The number of hydrogen-bond donors (Lipinski definition) is 2. The number of methoxy groups -OCH3 is 1. The molecule has 1 saturated carbocycles. The highest BCUT2D eigenvalue weighted by Gasteiger charge is 2.84. The Morgan fingerprint density at radius 2 is 2.14 bits per heavy atom. The van der Waals surface area contributed by atoms with Gasteiger partial charge in [-0.05, 0) is 31.4 Å². The van der Waals surface area contributed by atoms with Gasteiger partial charge < -0.3 is 19.8 Å². The molecule has 6 heteroatoms. The number of aliphatic hydroxyl groups excluding tert-OH is 2. The number of rotatable bonds is 2. The Hall–Kier alpha value is -1.89. The molecule has 28 heavy (non-hydrogen) atoms. The van der Waals surface area contributed by atoms with Crippen molar-refractivity contribution in [3.63, 3.8) is 0 Å². The number of allylic oxidation sites excluding steroid dienone is 1. The lowest BCUT2D eigenvalue weighted by Gasteiger charge is -2.61. The average molecular weight is 384 g/mol. The molecule has 6 rings (SSSR count). The standard InChI is InChI=1S/C22H28N2O4/c1-4-14-12-24-10-9-21-15-7-5-6-8-17(15)23(2)22(21,24)18(26)11-16(14)20(21,13-25)19(27)28-3/h4-8,16,18,25-26H,9-13H2,1-3H3/b14-4-/t16-,18-,20-,21-,22?/m0/s1. The number of fused-ring (bicyclic) bond motifs is 3. The summed E-state index contributed by atoms with van der Waals surface area (Å²) >= 11 is 0. The Morgan fingerprint density at radius 3 is 2.82 bits per heavy atom. The molecule has 4 bridgehead atoms. The van der Waals surface area contributed by atoms with Gasteiger partial charge in [0.15, 0.2) is 0 Å². The summed E-state index contributed by atoms with van der Waals surface area (Å²) in [7, 11) is 3.42. The molecule has 2 N–H and O–H groups in total. The van der Waals surface area contributed by atoms with Gasteiger partial charge in [-0.1, -0.05) is 29.8 Å². The molecule has 5 aliphatic rings. The second kappa shape index (κ2) is 5.59. The van der Waals surface area contributed by atoms with Gasteiger partial charge in [0.25, 0.3) is 0 Å². The Bertz CT molecular complexity index is 885. The molecule has 0 amide bonds. The molecule has 3 saturated heterocycles. The second-order valence-corrected chi connectivity index (χ2v) is 8.67. The zero-order valence-electron chi connectivity index (χ0n) is 16.7. The number of aliphatic hydroxyl groups is 2. The minimum atomic E-state index is -1.13. The Kier molecular flexibility index (Phi) is 3.62. The molecule has 1 aliphatic carbocycles. The van der Waals surface area contributed by atoms with E-state index in [1.54, 1.807) is 0 Å². The molecular formula is C22H28N2O4. The topological polar surface area (TPSA) is 73.2 Å². The SMILES string of the molecule is C/C=C1/CN2CC[C@@]34c5ccccc5N(C)C23[C@@H](O)C[C@@H]1[C@@]4(CO)C(=O)OC. The van der Waals surface area contributed by atoms with Crippen LogP contribution < -0.4 is 4.90 Å². The van der Waals surface area contributed by atoms with E-state index in [1.165, 1.54) is 7.11 Å². The number of esters is 1. The summed E-state index contributed by atoms with van der Waals surface area (Å²) in [5.41, 5.74) is 0.539. The summed E-state index contributed by atoms with van der Waals surface area (Å²) in [4.78, 5) is 18.1. The van der Waals surface area contributed by atoms with Crippen molar-refractivity contribution in [1.29, 1.82) is 0 Å². The third-order valence-electron chi connectivity index (χ3n) is 8.37. The second-order valence-electron chi connectivity index (χ2n) is 8.67. The van der Waals surface area contributed by atoms with E-state index in [4.69, 9.17) is 4.74 Å². The molecule has 4 fully saturated rings. The molecule has 2 unspecified atom stereocenters. The molecule has 1 spiro atoms. The van der Waals surface area contributed by atoms with Crippen LogP contribution >= 0.6 is 0 Å². The van der Waals surface area contributed by atoms with Crippen LogP contribution in [-0.4, -0.2) is 66.7 Å². The van der Waals surface area contributed by atoms with Crippen molar-refractivity contribution < 1.29 is 19.7 Å². The van der Waals surface area contributed by atoms with Gasteiger partial charge in [-0.25, -0.2) is 0 Å². The van der Waals surface area contributed by atoms with Crippen molar-refractivity contribution in [2.45, 2.75) is 36.9 Å². The number of likely N-dealkylation sites (N-methyl/N-ethyl adjacent to an activating group) is 1. The lowest BCUT2D eigenvalue weighted by molar-refractivity contribution is -0.187. The van der Waals surface area contributed by atoms with Gasteiger partial charge in [-0.15, -0.1) is 0 Å². The van der Waals surface area contributed by atoms with Gasteiger partial charge in [0.2, 0.25) is 0 Å². The largest absolute Gasteiger partial charge is 0.468 e. The van der Waals surface area contributed by atoms with Crippen LogP contribution in [-0.2, 0) is 14.9 Å². The van der Waals surface area contributed by atoms with E-state index in [9.17, 15) is 15.0 Å². The maximum absolute atomic E-state index is 13.5. The summed E-state index contributed by atoms with van der Waals surface area (Å²) in [6.45, 7) is 3.14. The molecule has 1 aromatic rings. The normalized spacial score (nSPS) is 44.4. The predicted molar refractivity (Wildman–Crippen MR) is 105 cm³/mol. The summed E-state index contributed by atoms with van der Waals surface area (Å²) in [5, 5.41) is 22.5. The van der Waals surface area contributed by atoms with Crippen molar-refractivity contribution in [2.75, 3.05) is 38.8 Å². The maximum Gasteiger partial charge on any atom is 0.315 e. The fraction of sp³-hybridized carbons (Fsp3) is 0.591. The fourth-order valence-corrected chi connectivity index (χ4v) is 7.56. The zero-order chi connectivity index (χ0) is 19.9. The van der Waals surface area contributed by atoms with E-state index in [0.717, 1.165) is 23.4 Å². The van der Waals surface area contributed by atoms with Crippen LogP contribution in [0.2, 0.25) is 0 Å². The highest BCUT2D eigenvalue weighted by atomic mass is 16.5. The molecule has 6 nitrogen and oxygen atoms in total. The average Bonchev–Trinajstić information content (AvgIpc) is 3.10. The van der Waals surface area contributed by atoms with E-state index in [-0.39, 0.29) is 18.5 Å². The molecule has 4 heterocycles. The lowest BCUT2D eigenvalue weighted by Crippen LogP contribution is -2.77. The highest BCUT2D eigenvalue weighted by molar-refractivity contribution is 5.86. The molecule has 4 aliphatic heterocycles. The summed E-state index contributed by atoms with van der Waals surface area (Å²) in [6.07, 6.45) is 2.56. The van der Waals surface area contributed by atoms with Crippen LogP contribution in [0.25, 0.3) is 0 Å².